The Morgan fingerprint density at radius 1 is 0.710 bits per heavy atom. The van der Waals surface area contributed by atoms with E-state index in [0.717, 1.165) is 20.8 Å². The lowest BCUT2D eigenvalue weighted by Crippen LogP contribution is -2.62. The van der Waals surface area contributed by atoms with E-state index in [1.54, 1.807) is 0 Å². The number of esters is 3. The average molecular weight is 476 g/mol. The molecule has 1 fully saturated rings. The maximum Gasteiger partial charge on any atom is 0.460 e. The molecule has 180 valence electrons. The van der Waals surface area contributed by atoms with Crippen LogP contribution >= 0.6 is 0 Å². The number of hydrogen-bond donors (Lipinski definition) is 0. The van der Waals surface area contributed by atoms with Crippen molar-refractivity contribution < 1.29 is 68.1 Å². The van der Waals surface area contributed by atoms with E-state index in [9.17, 15) is 53.9 Å². The van der Waals surface area contributed by atoms with Crippen molar-refractivity contribution in [2.24, 2.45) is 17.3 Å². The van der Waals surface area contributed by atoms with Crippen molar-refractivity contribution in [3.63, 3.8) is 0 Å². The first-order valence-corrected chi connectivity index (χ1v) is 8.65. The number of rotatable bonds is 9. The maximum atomic E-state index is 14.6. The molecular weight excluding hydrogens is 459 g/mol. The molecule has 0 saturated heterocycles. The van der Waals surface area contributed by atoms with E-state index in [-0.39, 0.29) is 0 Å². The molecule has 0 N–H and O–H groups in total. The van der Waals surface area contributed by atoms with Crippen LogP contribution in [-0.4, -0.2) is 61.7 Å². The van der Waals surface area contributed by atoms with Gasteiger partial charge in [-0.2, -0.15) is 39.5 Å². The van der Waals surface area contributed by atoms with Gasteiger partial charge in [-0.3, -0.25) is 14.4 Å². The summed E-state index contributed by atoms with van der Waals surface area (Å²) in [5.74, 6) is -33.4. The summed E-state index contributed by atoms with van der Waals surface area (Å²) in [5.41, 5.74) is -3.62. The van der Waals surface area contributed by atoms with Crippen molar-refractivity contribution >= 4 is 17.9 Å². The first-order chi connectivity index (χ1) is 13.9. The zero-order chi connectivity index (χ0) is 24.6. The van der Waals surface area contributed by atoms with E-state index < -0.39 is 78.9 Å². The molecule has 1 saturated carbocycles. The Hall–Kier alpha value is -2.22. The first-order valence-electron chi connectivity index (χ1n) is 8.65. The Kier molecular flexibility index (Phi) is 7.24. The van der Waals surface area contributed by atoms with Crippen LogP contribution in [0.5, 0.6) is 0 Å². The quantitative estimate of drug-likeness (QED) is 0.220. The Labute approximate surface area is 169 Å². The minimum absolute atomic E-state index is 0.593. The third kappa shape index (κ3) is 3.79. The molecule has 2 atom stereocenters. The third-order valence-electron chi connectivity index (χ3n) is 4.53. The average Bonchev–Trinajstić information content (AvgIpc) is 3.33. The van der Waals surface area contributed by atoms with Gasteiger partial charge in [-0.1, -0.05) is 0 Å². The summed E-state index contributed by atoms with van der Waals surface area (Å²) in [7, 11) is 0. The van der Waals surface area contributed by atoms with Gasteiger partial charge >= 0.3 is 41.9 Å². The van der Waals surface area contributed by atoms with Gasteiger partial charge in [0.15, 0.2) is 5.41 Å². The van der Waals surface area contributed by atoms with Gasteiger partial charge in [-0.25, -0.2) is 0 Å². The number of alkyl halides is 9. The van der Waals surface area contributed by atoms with Crippen LogP contribution in [0.3, 0.4) is 0 Å². The molecule has 0 bridgehead atoms. The van der Waals surface area contributed by atoms with Crippen LogP contribution in [0.2, 0.25) is 0 Å². The molecule has 0 unspecified atom stereocenters. The van der Waals surface area contributed by atoms with E-state index in [0.29, 0.717) is 0 Å². The molecule has 0 aliphatic heterocycles. The highest BCUT2D eigenvalue weighted by molar-refractivity contribution is 6.10. The molecule has 0 heterocycles. The Morgan fingerprint density at radius 3 is 1.42 bits per heavy atom. The van der Waals surface area contributed by atoms with Gasteiger partial charge in [0.05, 0.1) is 31.7 Å². The molecule has 6 nitrogen and oxygen atoms in total. The van der Waals surface area contributed by atoms with Crippen molar-refractivity contribution in [1.82, 2.24) is 0 Å². The van der Waals surface area contributed by atoms with Crippen LogP contribution < -0.4 is 0 Å². The van der Waals surface area contributed by atoms with Crippen molar-refractivity contribution in [2.45, 2.75) is 44.7 Å². The Morgan fingerprint density at radius 2 is 1.10 bits per heavy atom. The van der Waals surface area contributed by atoms with Crippen LogP contribution in [0, 0.1) is 17.3 Å². The van der Waals surface area contributed by atoms with Gasteiger partial charge in [-0.05, 0) is 20.8 Å². The van der Waals surface area contributed by atoms with E-state index in [2.05, 4.69) is 14.2 Å². The highest BCUT2D eigenvalue weighted by Gasteiger charge is 2.94. The fourth-order valence-electron chi connectivity index (χ4n) is 3.11. The number of carbonyl (C=O) groups excluding carboxylic acids is 3. The van der Waals surface area contributed by atoms with E-state index in [1.807, 2.05) is 0 Å². The molecule has 0 amide bonds. The van der Waals surface area contributed by atoms with Gasteiger partial charge in [0.2, 0.25) is 0 Å². The van der Waals surface area contributed by atoms with Crippen LogP contribution in [0.1, 0.15) is 20.8 Å². The van der Waals surface area contributed by atoms with Gasteiger partial charge in [0, 0.05) is 0 Å². The molecule has 1 aliphatic rings. The second kappa shape index (κ2) is 8.37. The number of ether oxygens (including phenoxy) is 3. The van der Waals surface area contributed by atoms with Crippen LogP contribution in [0.4, 0.5) is 39.5 Å². The predicted octanol–water partition coefficient (Wildman–Crippen LogP) is 3.38. The lowest BCUT2D eigenvalue weighted by molar-refractivity contribution is -0.400. The van der Waals surface area contributed by atoms with Crippen LogP contribution in [0.25, 0.3) is 0 Å². The highest BCUT2D eigenvalue weighted by Crippen LogP contribution is 2.71. The lowest BCUT2D eigenvalue weighted by atomic mass is 9.93. The number of halogens is 9. The van der Waals surface area contributed by atoms with Crippen LogP contribution in [-0.2, 0) is 28.6 Å². The van der Waals surface area contributed by atoms with Crippen molar-refractivity contribution in [3.8, 4) is 0 Å². The van der Waals surface area contributed by atoms with Crippen molar-refractivity contribution in [1.29, 1.82) is 0 Å². The largest absolute Gasteiger partial charge is 0.466 e. The summed E-state index contributed by atoms with van der Waals surface area (Å²) in [6.45, 7) is 1.38. The molecule has 0 aromatic carbocycles. The molecule has 0 aromatic heterocycles. The van der Waals surface area contributed by atoms with Crippen molar-refractivity contribution in [2.75, 3.05) is 19.8 Å². The Balaban J connectivity index is 3.74. The monoisotopic (exact) mass is 476 g/mol. The molecular formula is C16H17F9O6. The Bertz CT molecular complexity index is 701. The highest BCUT2D eigenvalue weighted by atomic mass is 19.4. The number of hydrogen-bond acceptors (Lipinski definition) is 6. The molecule has 0 spiro atoms. The van der Waals surface area contributed by atoms with Crippen LogP contribution in [0.15, 0.2) is 0 Å². The summed E-state index contributed by atoms with van der Waals surface area (Å²) in [6.07, 6.45) is -7.13. The SMILES string of the molecule is CCOC(=O)[C@@H]1[C@@H](C(F)(F)C(F)(F)C(F)(F)C(F)(F)F)C1(C(=O)OCC)C(=O)OCC. The lowest BCUT2D eigenvalue weighted by Gasteiger charge is -2.34. The second-order valence-corrected chi connectivity index (χ2v) is 6.29. The normalized spacial score (nSPS) is 21.3. The summed E-state index contributed by atoms with van der Waals surface area (Å²) in [4.78, 5) is 36.6. The summed E-state index contributed by atoms with van der Waals surface area (Å²) >= 11 is 0. The molecule has 0 radical (unpaired) electrons. The first kappa shape index (κ1) is 26.8. The fraction of sp³-hybridized carbons (Fsp3) is 0.812. The smallest absolute Gasteiger partial charge is 0.460 e. The minimum Gasteiger partial charge on any atom is -0.466 e. The second-order valence-electron chi connectivity index (χ2n) is 6.29. The molecule has 0 aromatic rings. The van der Waals surface area contributed by atoms with Gasteiger partial charge < -0.3 is 14.2 Å². The predicted molar refractivity (Wildman–Crippen MR) is 80.2 cm³/mol. The molecule has 15 heteroatoms. The van der Waals surface area contributed by atoms with E-state index in [4.69, 9.17) is 0 Å². The molecule has 31 heavy (non-hydrogen) atoms. The van der Waals surface area contributed by atoms with E-state index in [1.165, 1.54) is 0 Å². The standard InChI is InChI=1S/C16H17F9O6/c1-4-29-9(26)7-8(12(7,10(27)30-5-2)11(28)31-6-3)13(17,18)14(19,20)15(21,22)16(23,24)25/h7-8H,4-6H2,1-3H3/t7-,8+/m0/s1. The third-order valence-corrected chi connectivity index (χ3v) is 4.53. The zero-order valence-electron chi connectivity index (χ0n) is 16.1. The van der Waals surface area contributed by atoms with E-state index >= 15 is 0 Å². The minimum atomic E-state index is -7.29. The van der Waals surface area contributed by atoms with Gasteiger partial charge in [0.1, 0.15) is 0 Å². The van der Waals surface area contributed by atoms with Gasteiger partial charge in [0.25, 0.3) is 0 Å². The number of carbonyl (C=O) groups is 3. The summed E-state index contributed by atoms with van der Waals surface area (Å²) < 4.78 is 134. The maximum absolute atomic E-state index is 14.6. The molecule has 1 rings (SSSR count). The zero-order valence-corrected chi connectivity index (χ0v) is 16.1. The molecule has 1 aliphatic carbocycles. The summed E-state index contributed by atoms with van der Waals surface area (Å²) in [6, 6.07) is 0. The summed E-state index contributed by atoms with van der Waals surface area (Å²) in [5, 5.41) is 0. The topological polar surface area (TPSA) is 78.9 Å². The van der Waals surface area contributed by atoms with Gasteiger partial charge in [-0.15, -0.1) is 0 Å². The van der Waals surface area contributed by atoms with Crippen molar-refractivity contribution in [3.05, 3.63) is 0 Å². The fourth-order valence-corrected chi connectivity index (χ4v) is 3.11.